The van der Waals surface area contributed by atoms with E-state index in [1.807, 2.05) is 24.3 Å². The van der Waals surface area contributed by atoms with Gasteiger partial charge in [-0.25, -0.2) is 0 Å². The molecule has 0 bridgehead atoms. The number of ether oxygens (including phenoxy) is 3. The van der Waals surface area contributed by atoms with Crippen molar-refractivity contribution in [1.29, 1.82) is 0 Å². The topological polar surface area (TPSA) is 64.1 Å². The molecule has 6 heteroatoms. The number of hydrogen-bond donors (Lipinski definition) is 2. The van der Waals surface area contributed by atoms with Crippen molar-refractivity contribution >= 4 is 5.96 Å². The van der Waals surface area contributed by atoms with Crippen molar-refractivity contribution in [1.82, 2.24) is 10.6 Å². The molecule has 0 fully saturated rings. The molecule has 0 atom stereocenters. The van der Waals surface area contributed by atoms with Gasteiger partial charge in [-0.2, -0.15) is 0 Å². The van der Waals surface area contributed by atoms with E-state index >= 15 is 0 Å². The Labute approximate surface area is 147 Å². The highest BCUT2D eigenvalue weighted by atomic mass is 16.7. The number of hydrogen-bond acceptors (Lipinski definition) is 4. The predicted molar refractivity (Wildman–Crippen MR) is 96.8 cm³/mol. The van der Waals surface area contributed by atoms with Gasteiger partial charge in [-0.3, -0.25) is 4.99 Å². The Morgan fingerprint density at radius 1 is 1.00 bits per heavy atom. The second kappa shape index (κ2) is 8.39. The Balaban J connectivity index is 1.52. The third-order valence-electron chi connectivity index (χ3n) is 3.88. The van der Waals surface area contributed by atoms with Gasteiger partial charge in [0, 0.05) is 27.2 Å². The number of fused-ring (bicyclic) bond motifs is 1. The van der Waals surface area contributed by atoms with Crippen LogP contribution in [0.4, 0.5) is 0 Å². The number of nitrogens with zero attached hydrogens (tertiary/aromatic N) is 1. The molecule has 0 amide bonds. The molecular weight excluding hydrogens is 318 g/mol. The standard InChI is InChI=1S/C19H23N3O3/c1-20-19(21-10-14-4-3-5-16(8-14)12-23-2)22-11-15-6-7-17-18(9-15)25-13-24-17/h3-9H,10-13H2,1-2H3,(H2,20,21,22). The summed E-state index contributed by atoms with van der Waals surface area (Å²) in [5.74, 6) is 2.33. The Hall–Kier alpha value is -2.73. The molecule has 0 unspecified atom stereocenters. The summed E-state index contributed by atoms with van der Waals surface area (Å²) in [5, 5.41) is 6.62. The number of nitrogens with one attached hydrogen (secondary N) is 2. The van der Waals surface area contributed by atoms with Crippen molar-refractivity contribution in [2.45, 2.75) is 19.7 Å². The van der Waals surface area contributed by atoms with Gasteiger partial charge in [-0.1, -0.05) is 30.3 Å². The van der Waals surface area contributed by atoms with Gasteiger partial charge in [-0.15, -0.1) is 0 Å². The number of aliphatic imine (C=N–C) groups is 1. The highest BCUT2D eigenvalue weighted by Gasteiger charge is 2.13. The zero-order valence-electron chi connectivity index (χ0n) is 14.5. The van der Waals surface area contributed by atoms with Crippen molar-refractivity contribution < 1.29 is 14.2 Å². The quantitative estimate of drug-likeness (QED) is 0.624. The third-order valence-corrected chi connectivity index (χ3v) is 3.88. The molecule has 1 heterocycles. The van der Waals surface area contributed by atoms with Gasteiger partial charge in [0.25, 0.3) is 0 Å². The van der Waals surface area contributed by atoms with Crippen LogP contribution in [0.5, 0.6) is 11.5 Å². The fourth-order valence-corrected chi connectivity index (χ4v) is 2.64. The zero-order valence-corrected chi connectivity index (χ0v) is 14.5. The molecule has 2 N–H and O–H groups in total. The molecule has 3 rings (SSSR count). The van der Waals surface area contributed by atoms with Crippen LogP contribution >= 0.6 is 0 Å². The summed E-state index contributed by atoms with van der Waals surface area (Å²) < 4.78 is 15.9. The van der Waals surface area contributed by atoms with E-state index in [0.717, 1.165) is 28.6 Å². The molecule has 2 aromatic rings. The summed E-state index contributed by atoms with van der Waals surface area (Å²) in [6.07, 6.45) is 0. The smallest absolute Gasteiger partial charge is 0.231 e. The van der Waals surface area contributed by atoms with Crippen LogP contribution in [0.2, 0.25) is 0 Å². The largest absolute Gasteiger partial charge is 0.454 e. The maximum atomic E-state index is 5.40. The van der Waals surface area contributed by atoms with Gasteiger partial charge in [0.15, 0.2) is 17.5 Å². The van der Waals surface area contributed by atoms with E-state index in [4.69, 9.17) is 14.2 Å². The van der Waals surface area contributed by atoms with Gasteiger partial charge in [0.05, 0.1) is 6.61 Å². The van der Waals surface area contributed by atoms with Crippen LogP contribution in [-0.2, 0) is 24.4 Å². The monoisotopic (exact) mass is 341 g/mol. The number of rotatable bonds is 6. The molecular formula is C19H23N3O3. The van der Waals surface area contributed by atoms with Crippen molar-refractivity contribution in [2.75, 3.05) is 21.0 Å². The van der Waals surface area contributed by atoms with Crippen molar-refractivity contribution in [3.05, 3.63) is 59.2 Å². The van der Waals surface area contributed by atoms with Crippen molar-refractivity contribution in [3.8, 4) is 11.5 Å². The lowest BCUT2D eigenvalue weighted by molar-refractivity contribution is 0.174. The first kappa shape index (κ1) is 17.1. The van der Waals surface area contributed by atoms with Crippen LogP contribution in [-0.4, -0.2) is 26.9 Å². The molecule has 0 aliphatic carbocycles. The van der Waals surface area contributed by atoms with Crippen LogP contribution in [0.1, 0.15) is 16.7 Å². The van der Waals surface area contributed by atoms with Gasteiger partial charge in [0.2, 0.25) is 6.79 Å². The zero-order chi connectivity index (χ0) is 17.5. The number of methoxy groups -OCH3 is 1. The van der Waals surface area contributed by atoms with Crippen molar-refractivity contribution in [3.63, 3.8) is 0 Å². The molecule has 25 heavy (non-hydrogen) atoms. The van der Waals surface area contributed by atoms with E-state index in [1.54, 1.807) is 14.2 Å². The second-order valence-electron chi connectivity index (χ2n) is 5.72. The van der Waals surface area contributed by atoms with Crippen molar-refractivity contribution in [2.24, 2.45) is 4.99 Å². The summed E-state index contributed by atoms with van der Waals surface area (Å²) in [7, 11) is 3.46. The van der Waals surface area contributed by atoms with E-state index in [9.17, 15) is 0 Å². The summed E-state index contributed by atoms with van der Waals surface area (Å²) in [5.41, 5.74) is 3.44. The van der Waals surface area contributed by atoms with E-state index < -0.39 is 0 Å². The van der Waals surface area contributed by atoms with Crippen LogP contribution in [0.15, 0.2) is 47.5 Å². The van der Waals surface area contributed by atoms with Crippen LogP contribution in [0.3, 0.4) is 0 Å². The normalized spacial score (nSPS) is 13.0. The first-order chi connectivity index (χ1) is 12.3. The lowest BCUT2D eigenvalue weighted by atomic mass is 10.1. The molecule has 0 spiro atoms. The first-order valence-electron chi connectivity index (χ1n) is 8.18. The average molecular weight is 341 g/mol. The minimum atomic E-state index is 0.289. The minimum absolute atomic E-state index is 0.289. The molecule has 2 aromatic carbocycles. The fraction of sp³-hybridized carbons (Fsp3) is 0.316. The summed E-state index contributed by atoms with van der Waals surface area (Å²) in [6, 6.07) is 14.2. The summed E-state index contributed by atoms with van der Waals surface area (Å²) in [6.45, 7) is 2.25. The lowest BCUT2D eigenvalue weighted by Gasteiger charge is -2.13. The molecule has 132 valence electrons. The lowest BCUT2D eigenvalue weighted by Crippen LogP contribution is -2.36. The van der Waals surface area contributed by atoms with E-state index in [1.165, 1.54) is 5.56 Å². The SMILES string of the molecule is CN=C(NCc1cccc(COC)c1)NCc1ccc2c(c1)OCO2. The Bertz CT molecular complexity index is 746. The average Bonchev–Trinajstić information content (AvgIpc) is 3.10. The highest BCUT2D eigenvalue weighted by Crippen LogP contribution is 2.32. The first-order valence-corrected chi connectivity index (χ1v) is 8.18. The highest BCUT2D eigenvalue weighted by molar-refractivity contribution is 5.79. The molecule has 0 aromatic heterocycles. The minimum Gasteiger partial charge on any atom is -0.454 e. The predicted octanol–water partition coefficient (Wildman–Crippen LogP) is 2.43. The molecule has 0 saturated carbocycles. The molecule has 6 nitrogen and oxygen atoms in total. The number of guanidine groups is 1. The van der Waals surface area contributed by atoms with Gasteiger partial charge in [-0.05, 0) is 28.8 Å². The molecule has 0 saturated heterocycles. The van der Waals surface area contributed by atoms with Crippen LogP contribution < -0.4 is 20.1 Å². The Morgan fingerprint density at radius 3 is 2.48 bits per heavy atom. The van der Waals surface area contributed by atoms with E-state index in [0.29, 0.717) is 19.7 Å². The number of benzene rings is 2. The molecule has 0 radical (unpaired) electrons. The molecule has 1 aliphatic rings. The maximum absolute atomic E-state index is 5.40. The van der Waals surface area contributed by atoms with Crippen LogP contribution in [0.25, 0.3) is 0 Å². The van der Waals surface area contributed by atoms with Gasteiger partial charge in [0.1, 0.15) is 0 Å². The fourth-order valence-electron chi connectivity index (χ4n) is 2.64. The second-order valence-corrected chi connectivity index (χ2v) is 5.72. The van der Waals surface area contributed by atoms with E-state index in [-0.39, 0.29) is 6.79 Å². The van der Waals surface area contributed by atoms with Crippen LogP contribution in [0, 0.1) is 0 Å². The summed E-state index contributed by atoms with van der Waals surface area (Å²) >= 11 is 0. The van der Waals surface area contributed by atoms with Gasteiger partial charge >= 0.3 is 0 Å². The summed E-state index contributed by atoms with van der Waals surface area (Å²) in [4.78, 5) is 4.26. The van der Waals surface area contributed by atoms with Gasteiger partial charge < -0.3 is 24.8 Å². The Kier molecular flexibility index (Phi) is 5.74. The maximum Gasteiger partial charge on any atom is 0.231 e. The molecule has 1 aliphatic heterocycles. The van der Waals surface area contributed by atoms with E-state index in [2.05, 4.69) is 33.8 Å². The Morgan fingerprint density at radius 2 is 1.72 bits per heavy atom. The third kappa shape index (κ3) is 4.64.